The summed E-state index contributed by atoms with van der Waals surface area (Å²) in [6.07, 6.45) is 4.71. The maximum Gasteiger partial charge on any atom is 0.224 e. The van der Waals surface area contributed by atoms with E-state index in [0.717, 1.165) is 31.2 Å². The van der Waals surface area contributed by atoms with Gasteiger partial charge in [0.15, 0.2) is 0 Å². The number of hydrogen-bond acceptors (Lipinski definition) is 3. The van der Waals surface area contributed by atoms with Crippen molar-refractivity contribution in [1.29, 1.82) is 0 Å². The summed E-state index contributed by atoms with van der Waals surface area (Å²) in [4.78, 5) is 11.8. The lowest BCUT2D eigenvalue weighted by atomic mass is 9.94. The van der Waals surface area contributed by atoms with Gasteiger partial charge in [-0.2, -0.15) is 0 Å². The summed E-state index contributed by atoms with van der Waals surface area (Å²) in [5, 5.41) is 3.49. The van der Waals surface area contributed by atoms with Crippen LogP contribution < -0.4 is 11.1 Å². The van der Waals surface area contributed by atoms with Crippen LogP contribution in [-0.2, 0) is 16.0 Å². The lowest BCUT2D eigenvalue weighted by Gasteiger charge is -2.26. The zero-order chi connectivity index (χ0) is 15.1. The van der Waals surface area contributed by atoms with Gasteiger partial charge in [-0.1, -0.05) is 29.8 Å². The molecule has 0 saturated heterocycles. The number of rotatable bonds is 6. The van der Waals surface area contributed by atoms with E-state index >= 15 is 0 Å². The highest BCUT2D eigenvalue weighted by molar-refractivity contribution is 6.31. The van der Waals surface area contributed by atoms with Crippen molar-refractivity contribution in [2.45, 2.75) is 44.2 Å². The Hall–Kier alpha value is -1.10. The molecule has 1 fully saturated rings. The first-order chi connectivity index (χ1) is 10.1. The van der Waals surface area contributed by atoms with Crippen molar-refractivity contribution in [1.82, 2.24) is 5.32 Å². The van der Waals surface area contributed by atoms with Crippen molar-refractivity contribution < 1.29 is 9.53 Å². The third-order valence-corrected chi connectivity index (χ3v) is 4.17. The Labute approximate surface area is 131 Å². The summed E-state index contributed by atoms with van der Waals surface area (Å²) in [5.41, 5.74) is 6.70. The summed E-state index contributed by atoms with van der Waals surface area (Å²) < 4.78 is 5.76. The SMILES string of the molecule is NC1CCC(OCCNC(=O)Cc2ccccc2Cl)CC1. The van der Waals surface area contributed by atoms with Crippen LogP contribution >= 0.6 is 11.6 Å². The van der Waals surface area contributed by atoms with Crippen molar-refractivity contribution in [3.05, 3.63) is 34.9 Å². The van der Waals surface area contributed by atoms with E-state index in [-0.39, 0.29) is 5.91 Å². The molecule has 1 aromatic rings. The minimum atomic E-state index is -0.0302. The smallest absolute Gasteiger partial charge is 0.224 e. The molecule has 1 aliphatic carbocycles. The van der Waals surface area contributed by atoms with Crippen LogP contribution in [0.25, 0.3) is 0 Å². The van der Waals surface area contributed by atoms with Crippen molar-refractivity contribution in [3.63, 3.8) is 0 Å². The molecule has 21 heavy (non-hydrogen) atoms. The number of amides is 1. The van der Waals surface area contributed by atoms with E-state index < -0.39 is 0 Å². The molecule has 116 valence electrons. The molecule has 0 atom stereocenters. The van der Waals surface area contributed by atoms with Gasteiger partial charge in [-0.15, -0.1) is 0 Å². The monoisotopic (exact) mass is 310 g/mol. The first-order valence-electron chi connectivity index (χ1n) is 7.52. The van der Waals surface area contributed by atoms with Crippen molar-refractivity contribution in [2.75, 3.05) is 13.2 Å². The molecule has 0 aromatic heterocycles. The Kier molecular flexibility index (Phi) is 6.49. The van der Waals surface area contributed by atoms with E-state index in [1.54, 1.807) is 6.07 Å². The Bertz CT molecular complexity index is 459. The summed E-state index contributed by atoms with van der Waals surface area (Å²) in [6.45, 7) is 1.08. The number of hydrogen-bond donors (Lipinski definition) is 2. The highest BCUT2D eigenvalue weighted by Gasteiger charge is 2.18. The summed E-state index contributed by atoms with van der Waals surface area (Å²) >= 11 is 6.03. The standard InChI is InChI=1S/C16H23ClN2O2/c17-15-4-2-1-3-12(15)11-16(20)19-9-10-21-14-7-5-13(18)6-8-14/h1-4,13-14H,5-11,18H2,(H,19,20). The Balaban J connectivity index is 1.60. The predicted molar refractivity (Wildman–Crippen MR) is 84.3 cm³/mol. The first-order valence-corrected chi connectivity index (χ1v) is 7.90. The third kappa shape index (κ3) is 5.65. The number of carbonyl (C=O) groups excluding carboxylic acids is 1. The molecule has 0 unspecified atom stereocenters. The molecular weight excluding hydrogens is 288 g/mol. The molecule has 0 heterocycles. The highest BCUT2D eigenvalue weighted by atomic mass is 35.5. The van der Waals surface area contributed by atoms with Crippen LogP contribution in [0.15, 0.2) is 24.3 Å². The molecule has 4 nitrogen and oxygen atoms in total. The Morgan fingerprint density at radius 1 is 1.29 bits per heavy atom. The van der Waals surface area contributed by atoms with Gasteiger partial charge in [0.25, 0.3) is 0 Å². The van der Waals surface area contributed by atoms with Gasteiger partial charge in [0, 0.05) is 17.6 Å². The summed E-state index contributed by atoms with van der Waals surface area (Å²) in [5.74, 6) is -0.0302. The lowest BCUT2D eigenvalue weighted by Crippen LogP contribution is -2.33. The van der Waals surface area contributed by atoms with E-state index in [9.17, 15) is 4.79 Å². The average molecular weight is 311 g/mol. The second kappa shape index (κ2) is 8.37. The normalized spacial score (nSPS) is 22.0. The molecule has 0 spiro atoms. The fraction of sp³-hybridized carbons (Fsp3) is 0.562. The maximum absolute atomic E-state index is 11.8. The second-order valence-electron chi connectivity index (χ2n) is 5.53. The van der Waals surface area contributed by atoms with Gasteiger partial charge in [0.2, 0.25) is 5.91 Å². The van der Waals surface area contributed by atoms with Gasteiger partial charge in [-0.25, -0.2) is 0 Å². The predicted octanol–water partition coefficient (Wildman–Crippen LogP) is 2.29. The van der Waals surface area contributed by atoms with Crippen LogP contribution in [0, 0.1) is 0 Å². The summed E-state index contributed by atoms with van der Waals surface area (Å²) in [6, 6.07) is 7.73. The Morgan fingerprint density at radius 3 is 2.71 bits per heavy atom. The quantitative estimate of drug-likeness (QED) is 0.792. The zero-order valence-corrected chi connectivity index (χ0v) is 12.9. The van der Waals surface area contributed by atoms with Gasteiger partial charge in [-0.3, -0.25) is 4.79 Å². The van der Waals surface area contributed by atoms with Crippen molar-refractivity contribution in [2.24, 2.45) is 5.73 Å². The van der Waals surface area contributed by atoms with Crippen LogP contribution in [0.5, 0.6) is 0 Å². The van der Waals surface area contributed by atoms with Gasteiger partial charge in [0.05, 0.1) is 19.1 Å². The van der Waals surface area contributed by atoms with E-state index in [2.05, 4.69) is 5.32 Å². The number of halogens is 1. The van der Waals surface area contributed by atoms with Gasteiger partial charge in [-0.05, 0) is 37.3 Å². The zero-order valence-electron chi connectivity index (χ0n) is 12.2. The van der Waals surface area contributed by atoms with Crippen LogP contribution in [0.4, 0.5) is 0 Å². The average Bonchev–Trinajstić information content (AvgIpc) is 2.48. The fourth-order valence-electron chi connectivity index (χ4n) is 2.55. The molecule has 1 amide bonds. The largest absolute Gasteiger partial charge is 0.376 e. The maximum atomic E-state index is 11.8. The molecule has 1 aromatic carbocycles. The minimum Gasteiger partial charge on any atom is -0.376 e. The van der Waals surface area contributed by atoms with E-state index in [4.69, 9.17) is 22.1 Å². The fourth-order valence-corrected chi connectivity index (χ4v) is 2.75. The van der Waals surface area contributed by atoms with Crippen LogP contribution in [0.1, 0.15) is 31.2 Å². The number of carbonyl (C=O) groups is 1. The summed E-state index contributed by atoms with van der Waals surface area (Å²) in [7, 11) is 0. The van der Waals surface area contributed by atoms with E-state index in [1.807, 2.05) is 18.2 Å². The molecule has 0 bridgehead atoms. The highest BCUT2D eigenvalue weighted by Crippen LogP contribution is 2.19. The van der Waals surface area contributed by atoms with Crippen LogP contribution in [-0.4, -0.2) is 31.2 Å². The molecule has 0 radical (unpaired) electrons. The number of ether oxygens (including phenoxy) is 1. The molecule has 1 saturated carbocycles. The topological polar surface area (TPSA) is 64.3 Å². The first kappa shape index (κ1) is 16.3. The number of nitrogens with one attached hydrogen (secondary N) is 1. The Morgan fingerprint density at radius 2 is 2.00 bits per heavy atom. The molecular formula is C16H23ClN2O2. The van der Waals surface area contributed by atoms with E-state index in [1.165, 1.54) is 0 Å². The van der Waals surface area contributed by atoms with Crippen LogP contribution in [0.2, 0.25) is 5.02 Å². The second-order valence-corrected chi connectivity index (χ2v) is 5.93. The lowest BCUT2D eigenvalue weighted by molar-refractivity contribution is -0.120. The van der Waals surface area contributed by atoms with Gasteiger partial charge >= 0.3 is 0 Å². The van der Waals surface area contributed by atoms with Crippen molar-refractivity contribution >= 4 is 17.5 Å². The molecule has 2 rings (SSSR count). The molecule has 0 aliphatic heterocycles. The van der Waals surface area contributed by atoms with Crippen LogP contribution in [0.3, 0.4) is 0 Å². The molecule has 5 heteroatoms. The van der Waals surface area contributed by atoms with E-state index in [0.29, 0.717) is 36.7 Å². The number of benzene rings is 1. The minimum absolute atomic E-state index is 0.0302. The van der Waals surface area contributed by atoms with Gasteiger partial charge in [0.1, 0.15) is 0 Å². The molecule has 3 N–H and O–H groups in total. The third-order valence-electron chi connectivity index (χ3n) is 3.81. The number of nitrogens with two attached hydrogens (primary N) is 1. The van der Waals surface area contributed by atoms with Gasteiger partial charge < -0.3 is 15.8 Å². The molecule has 1 aliphatic rings. The van der Waals surface area contributed by atoms with Crippen molar-refractivity contribution in [3.8, 4) is 0 Å².